The summed E-state index contributed by atoms with van der Waals surface area (Å²) in [5.74, 6) is 0. The van der Waals surface area contributed by atoms with E-state index in [1.54, 1.807) is 0 Å². The molecule has 0 aliphatic rings. The van der Waals surface area contributed by atoms with Gasteiger partial charge in [0.2, 0.25) is 0 Å². The lowest BCUT2D eigenvalue weighted by molar-refractivity contribution is 0.283. The van der Waals surface area contributed by atoms with E-state index < -0.39 is 0 Å². The molecule has 0 spiro atoms. The van der Waals surface area contributed by atoms with Crippen molar-refractivity contribution in [3.8, 4) is 0 Å². The molecule has 0 N–H and O–H groups in total. The molecule has 0 radical (unpaired) electrons. The third kappa shape index (κ3) is 12.5. The molecule has 0 unspecified atom stereocenters. The Morgan fingerprint density at radius 2 is 0.833 bits per heavy atom. The molecule has 0 nitrogen and oxygen atoms in total. The van der Waals surface area contributed by atoms with Crippen molar-refractivity contribution in [3.05, 3.63) is 0 Å². The second-order valence-electron chi connectivity index (χ2n) is 6.85. The van der Waals surface area contributed by atoms with Gasteiger partial charge in [-0.05, 0) is 18.3 Å². The summed E-state index contributed by atoms with van der Waals surface area (Å²) in [5.41, 5.74) is 0.595. The van der Waals surface area contributed by atoms with E-state index in [-0.39, 0.29) is 0 Å². The van der Waals surface area contributed by atoms with E-state index in [2.05, 4.69) is 27.7 Å². The van der Waals surface area contributed by atoms with Crippen LogP contribution in [0.5, 0.6) is 0 Å². The van der Waals surface area contributed by atoms with Crippen LogP contribution < -0.4 is 0 Å². The summed E-state index contributed by atoms with van der Waals surface area (Å²) >= 11 is 0. The van der Waals surface area contributed by atoms with Crippen LogP contribution in [0.3, 0.4) is 0 Å². The third-order valence-electron chi connectivity index (χ3n) is 4.16. The minimum atomic E-state index is 0.595. The zero-order valence-corrected chi connectivity index (χ0v) is 13.7. The average molecular weight is 255 g/mol. The summed E-state index contributed by atoms with van der Waals surface area (Å²) in [7, 11) is 0. The summed E-state index contributed by atoms with van der Waals surface area (Å²) in [5, 5.41) is 0. The average Bonchev–Trinajstić information content (AvgIpc) is 2.33. The molecule has 0 heterocycles. The van der Waals surface area contributed by atoms with Gasteiger partial charge in [0, 0.05) is 0 Å². The van der Waals surface area contributed by atoms with Gasteiger partial charge in [-0.3, -0.25) is 0 Å². The van der Waals surface area contributed by atoms with Crippen molar-refractivity contribution in [2.75, 3.05) is 0 Å². The maximum absolute atomic E-state index is 2.46. The molecule has 0 aliphatic carbocycles. The van der Waals surface area contributed by atoms with Gasteiger partial charge >= 0.3 is 0 Å². The van der Waals surface area contributed by atoms with Crippen LogP contribution in [0.25, 0.3) is 0 Å². The van der Waals surface area contributed by atoms with Gasteiger partial charge in [0.1, 0.15) is 0 Å². The van der Waals surface area contributed by atoms with Crippen molar-refractivity contribution in [2.24, 2.45) is 5.41 Å². The molecular formula is C18H38. The van der Waals surface area contributed by atoms with E-state index in [1.165, 1.54) is 83.5 Å². The van der Waals surface area contributed by atoms with Crippen molar-refractivity contribution in [3.63, 3.8) is 0 Å². The SMILES string of the molecule is CCCCCCCCCCC(C)(C)CCCCC. The van der Waals surface area contributed by atoms with Crippen molar-refractivity contribution in [2.45, 2.75) is 111 Å². The first kappa shape index (κ1) is 18.0. The van der Waals surface area contributed by atoms with E-state index in [4.69, 9.17) is 0 Å². The van der Waals surface area contributed by atoms with E-state index in [9.17, 15) is 0 Å². The highest BCUT2D eigenvalue weighted by molar-refractivity contribution is 4.68. The molecule has 0 amide bonds. The van der Waals surface area contributed by atoms with Crippen LogP contribution in [0.1, 0.15) is 111 Å². The second-order valence-corrected chi connectivity index (χ2v) is 6.85. The molecule has 0 aromatic heterocycles. The molecule has 18 heavy (non-hydrogen) atoms. The lowest BCUT2D eigenvalue weighted by Gasteiger charge is -2.24. The normalized spacial score (nSPS) is 12.0. The number of unbranched alkanes of at least 4 members (excludes halogenated alkanes) is 9. The van der Waals surface area contributed by atoms with E-state index in [1.807, 2.05) is 0 Å². The van der Waals surface area contributed by atoms with Gasteiger partial charge in [-0.25, -0.2) is 0 Å². The Labute approximate surface area is 117 Å². The molecular weight excluding hydrogens is 216 g/mol. The van der Waals surface area contributed by atoms with E-state index >= 15 is 0 Å². The third-order valence-corrected chi connectivity index (χ3v) is 4.16. The summed E-state index contributed by atoms with van der Waals surface area (Å²) in [6, 6.07) is 0. The van der Waals surface area contributed by atoms with Crippen LogP contribution in [0.2, 0.25) is 0 Å². The highest BCUT2D eigenvalue weighted by Gasteiger charge is 2.16. The molecule has 0 saturated carbocycles. The molecule has 0 aliphatic heterocycles. The molecule has 0 atom stereocenters. The van der Waals surface area contributed by atoms with Crippen molar-refractivity contribution >= 4 is 0 Å². The second kappa shape index (κ2) is 12.1. The van der Waals surface area contributed by atoms with E-state index in [0.717, 1.165) is 0 Å². The minimum absolute atomic E-state index is 0.595. The summed E-state index contributed by atoms with van der Waals surface area (Å²) in [6.45, 7) is 9.51. The van der Waals surface area contributed by atoms with Crippen molar-refractivity contribution < 1.29 is 0 Å². The fraction of sp³-hybridized carbons (Fsp3) is 1.00. The fourth-order valence-corrected chi connectivity index (χ4v) is 2.72. The standard InChI is InChI=1S/C18H38/c1-5-7-9-10-11-12-13-15-17-18(3,4)16-14-8-6-2/h5-17H2,1-4H3. The highest BCUT2D eigenvalue weighted by Crippen LogP contribution is 2.30. The molecule has 0 fully saturated rings. The highest BCUT2D eigenvalue weighted by atomic mass is 14.2. The topological polar surface area (TPSA) is 0 Å². The van der Waals surface area contributed by atoms with Crippen LogP contribution in [0.4, 0.5) is 0 Å². The molecule has 0 saturated heterocycles. The van der Waals surface area contributed by atoms with Crippen molar-refractivity contribution in [1.82, 2.24) is 0 Å². The van der Waals surface area contributed by atoms with Crippen LogP contribution in [-0.2, 0) is 0 Å². The summed E-state index contributed by atoms with van der Waals surface area (Å²) in [4.78, 5) is 0. The number of rotatable bonds is 13. The van der Waals surface area contributed by atoms with Gasteiger partial charge in [-0.2, -0.15) is 0 Å². The molecule has 0 rings (SSSR count). The van der Waals surface area contributed by atoms with Crippen LogP contribution in [0.15, 0.2) is 0 Å². The van der Waals surface area contributed by atoms with E-state index in [0.29, 0.717) is 5.41 Å². The lowest BCUT2D eigenvalue weighted by atomic mass is 9.82. The zero-order chi connectivity index (χ0) is 13.7. The Hall–Kier alpha value is 0. The largest absolute Gasteiger partial charge is 0.0654 e. The fourth-order valence-electron chi connectivity index (χ4n) is 2.72. The van der Waals surface area contributed by atoms with Gasteiger partial charge in [0.05, 0.1) is 0 Å². The zero-order valence-electron chi connectivity index (χ0n) is 13.7. The molecule has 0 aromatic carbocycles. The Morgan fingerprint density at radius 3 is 1.33 bits per heavy atom. The first-order valence-corrected chi connectivity index (χ1v) is 8.62. The predicted molar refractivity (Wildman–Crippen MR) is 85.2 cm³/mol. The van der Waals surface area contributed by atoms with Gasteiger partial charge in [0.15, 0.2) is 0 Å². The molecule has 0 aromatic rings. The smallest absolute Gasteiger partial charge is 0.0354 e. The number of hydrogen-bond donors (Lipinski definition) is 0. The van der Waals surface area contributed by atoms with Gasteiger partial charge in [-0.1, -0.05) is 98.3 Å². The Bertz CT molecular complexity index is 157. The lowest BCUT2D eigenvalue weighted by Crippen LogP contribution is -2.10. The monoisotopic (exact) mass is 254 g/mol. The Kier molecular flexibility index (Phi) is 12.1. The molecule has 0 bridgehead atoms. The maximum Gasteiger partial charge on any atom is -0.0354 e. The van der Waals surface area contributed by atoms with Gasteiger partial charge in [0.25, 0.3) is 0 Å². The molecule has 0 heteroatoms. The van der Waals surface area contributed by atoms with Crippen LogP contribution >= 0.6 is 0 Å². The summed E-state index contributed by atoms with van der Waals surface area (Å²) in [6.07, 6.45) is 18.6. The van der Waals surface area contributed by atoms with Gasteiger partial charge < -0.3 is 0 Å². The Balaban J connectivity index is 3.30. The van der Waals surface area contributed by atoms with Gasteiger partial charge in [-0.15, -0.1) is 0 Å². The predicted octanol–water partition coefficient (Wildman–Crippen LogP) is 7.12. The minimum Gasteiger partial charge on any atom is -0.0654 e. The van der Waals surface area contributed by atoms with Crippen LogP contribution in [0, 0.1) is 5.41 Å². The number of hydrogen-bond acceptors (Lipinski definition) is 0. The molecule has 110 valence electrons. The Morgan fingerprint density at radius 1 is 0.500 bits per heavy atom. The first-order chi connectivity index (χ1) is 8.62. The van der Waals surface area contributed by atoms with Crippen LogP contribution in [-0.4, -0.2) is 0 Å². The van der Waals surface area contributed by atoms with Crippen molar-refractivity contribution in [1.29, 1.82) is 0 Å². The maximum atomic E-state index is 2.46. The quantitative estimate of drug-likeness (QED) is 0.307. The first-order valence-electron chi connectivity index (χ1n) is 8.62. The summed E-state index contributed by atoms with van der Waals surface area (Å²) < 4.78 is 0.